The van der Waals surface area contributed by atoms with Gasteiger partial charge in [-0.1, -0.05) is 84.5 Å². The fraction of sp³-hybridized carbons (Fsp3) is 1.00. The van der Waals surface area contributed by atoms with Gasteiger partial charge in [-0.15, -0.1) is 7.92 Å². The Balaban J connectivity index is 1.64. The standard InChI is InChI=1S/C23H45P/c1-3-5-7-9-11-13-17-24(18-14-12-10-8-6-4-2)23-20-21-15-16-22(23)19-21/h21-23H,3-20H2,1-2H3. The molecule has 0 radical (unpaired) electrons. The molecule has 0 heterocycles. The van der Waals surface area contributed by atoms with Gasteiger partial charge < -0.3 is 0 Å². The first-order chi connectivity index (χ1) is 11.8. The van der Waals surface area contributed by atoms with Gasteiger partial charge in [0.05, 0.1) is 0 Å². The zero-order valence-electron chi connectivity index (χ0n) is 16.9. The van der Waals surface area contributed by atoms with Gasteiger partial charge in [-0.05, 0) is 61.9 Å². The van der Waals surface area contributed by atoms with Gasteiger partial charge in [0, 0.05) is 0 Å². The zero-order valence-corrected chi connectivity index (χ0v) is 17.8. The Hall–Kier alpha value is 0.430. The molecule has 2 aliphatic rings. The molecule has 3 atom stereocenters. The van der Waals surface area contributed by atoms with Crippen LogP contribution in [0, 0.1) is 11.8 Å². The van der Waals surface area contributed by atoms with Crippen LogP contribution in [-0.2, 0) is 0 Å². The third-order valence-corrected chi connectivity index (χ3v) is 10.1. The molecule has 2 rings (SSSR count). The van der Waals surface area contributed by atoms with Gasteiger partial charge in [0.15, 0.2) is 0 Å². The minimum atomic E-state index is 0.374. The highest BCUT2D eigenvalue weighted by Crippen LogP contribution is 2.59. The molecule has 2 fully saturated rings. The van der Waals surface area contributed by atoms with E-state index in [0.29, 0.717) is 7.92 Å². The summed E-state index contributed by atoms with van der Waals surface area (Å²) in [6.45, 7) is 4.66. The summed E-state index contributed by atoms with van der Waals surface area (Å²) >= 11 is 0. The molecule has 0 N–H and O–H groups in total. The second kappa shape index (κ2) is 12.7. The first-order valence-corrected chi connectivity index (χ1v) is 13.4. The molecule has 1 heteroatoms. The summed E-state index contributed by atoms with van der Waals surface area (Å²) in [6.07, 6.45) is 27.5. The maximum absolute atomic E-state index is 2.33. The summed E-state index contributed by atoms with van der Waals surface area (Å²) in [5.41, 5.74) is 1.20. The van der Waals surface area contributed by atoms with E-state index in [2.05, 4.69) is 13.8 Å². The molecule has 0 aromatic carbocycles. The van der Waals surface area contributed by atoms with Crippen LogP contribution in [-0.4, -0.2) is 18.0 Å². The third-order valence-electron chi connectivity index (χ3n) is 6.77. The van der Waals surface area contributed by atoms with E-state index in [1.807, 2.05) is 0 Å². The summed E-state index contributed by atoms with van der Waals surface area (Å²) in [4.78, 5) is 0. The quantitative estimate of drug-likeness (QED) is 0.205. The molecule has 2 bridgehead atoms. The molecule has 0 nitrogen and oxygen atoms in total. The van der Waals surface area contributed by atoms with Gasteiger partial charge in [-0.3, -0.25) is 0 Å². The number of unbranched alkanes of at least 4 members (excludes halogenated alkanes) is 10. The third kappa shape index (κ3) is 7.35. The average molecular weight is 353 g/mol. The fourth-order valence-corrected chi connectivity index (χ4v) is 8.90. The van der Waals surface area contributed by atoms with Gasteiger partial charge in [0.25, 0.3) is 0 Å². The highest BCUT2D eigenvalue weighted by atomic mass is 31.1. The lowest BCUT2D eigenvalue weighted by Gasteiger charge is -2.31. The Bertz CT molecular complexity index is 284. The van der Waals surface area contributed by atoms with Crippen LogP contribution in [0.2, 0.25) is 0 Å². The van der Waals surface area contributed by atoms with E-state index in [1.165, 1.54) is 75.8 Å². The van der Waals surface area contributed by atoms with E-state index < -0.39 is 0 Å². The van der Waals surface area contributed by atoms with Crippen LogP contribution in [0.15, 0.2) is 0 Å². The normalized spacial score (nSPS) is 25.9. The van der Waals surface area contributed by atoms with Gasteiger partial charge in [-0.25, -0.2) is 0 Å². The molecule has 0 amide bonds. The first-order valence-electron chi connectivity index (χ1n) is 11.6. The Labute approximate surface area is 154 Å². The molecule has 0 aliphatic heterocycles. The van der Waals surface area contributed by atoms with Gasteiger partial charge in [-0.2, -0.15) is 0 Å². The fourth-order valence-electron chi connectivity index (χ4n) is 5.29. The van der Waals surface area contributed by atoms with Crippen LogP contribution in [0.25, 0.3) is 0 Å². The Morgan fingerprint density at radius 2 is 1.17 bits per heavy atom. The van der Waals surface area contributed by atoms with Crippen molar-refractivity contribution in [1.82, 2.24) is 0 Å². The molecule has 2 aliphatic carbocycles. The van der Waals surface area contributed by atoms with E-state index in [4.69, 9.17) is 0 Å². The second-order valence-electron chi connectivity index (χ2n) is 8.81. The predicted molar refractivity (Wildman–Crippen MR) is 113 cm³/mol. The van der Waals surface area contributed by atoms with Crippen LogP contribution in [0.5, 0.6) is 0 Å². The van der Waals surface area contributed by atoms with Gasteiger partial charge in [0.1, 0.15) is 0 Å². The molecular weight excluding hydrogens is 307 g/mol. The summed E-state index contributed by atoms with van der Waals surface area (Å²) in [5.74, 6) is 2.32. The lowest BCUT2D eigenvalue weighted by atomic mass is 10.0. The minimum Gasteiger partial charge on any atom is -0.103 e. The summed E-state index contributed by atoms with van der Waals surface area (Å²) in [7, 11) is 0.374. The van der Waals surface area contributed by atoms with Crippen molar-refractivity contribution >= 4 is 7.92 Å². The summed E-state index contributed by atoms with van der Waals surface area (Å²) < 4.78 is 0. The van der Waals surface area contributed by atoms with Crippen LogP contribution >= 0.6 is 7.92 Å². The monoisotopic (exact) mass is 352 g/mol. The Morgan fingerprint density at radius 1 is 0.625 bits per heavy atom. The summed E-state index contributed by atoms with van der Waals surface area (Å²) in [5, 5.41) is 0. The number of hydrogen-bond acceptors (Lipinski definition) is 0. The lowest BCUT2D eigenvalue weighted by molar-refractivity contribution is 0.485. The van der Waals surface area contributed by atoms with E-state index in [-0.39, 0.29) is 0 Å². The van der Waals surface area contributed by atoms with E-state index >= 15 is 0 Å². The van der Waals surface area contributed by atoms with Gasteiger partial charge >= 0.3 is 0 Å². The smallest absolute Gasteiger partial charge is 0.0178 e. The van der Waals surface area contributed by atoms with Crippen molar-refractivity contribution in [2.75, 3.05) is 12.3 Å². The molecule has 3 unspecified atom stereocenters. The molecular formula is C23H45P. The van der Waals surface area contributed by atoms with Crippen molar-refractivity contribution in [3.63, 3.8) is 0 Å². The summed E-state index contributed by atoms with van der Waals surface area (Å²) in [6, 6.07) is 0. The zero-order chi connectivity index (χ0) is 17.0. The molecule has 0 aromatic heterocycles. The molecule has 142 valence electrons. The van der Waals surface area contributed by atoms with E-state index in [0.717, 1.165) is 5.92 Å². The molecule has 0 spiro atoms. The first kappa shape index (κ1) is 20.7. The molecule has 2 saturated carbocycles. The van der Waals surface area contributed by atoms with Crippen molar-refractivity contribution in [3.8, 4) is 0 Å². The second-order valence-corrected chi connectivity index (χ2v) is 11.5. The van der Waals surface area contributed by atoms with Crippen LogP contribution < -0.4 is 0 Å². The van der Waals surface area contributed by atoms with Crippen LogP contribution in [0.1, 0.15) is 117 Å². The Kier molecular flexibility index (Phi) is 11.0. The van der Waals surface area contributed by atoms with Crippen molar-refractivity contribution in [1.29, 1.82) is 0 Å². The molecule has 24 heavy (non-hydrogen) atoms. The van der Waals surface area contributed by atoms with Crippen molar-refractivity contribution in [2.24, 2.45) is 11.8 Å². The van der Waals surface area contributed by atoms with Crippen molar-refractivity contribution < 1.29 is 0 Å². The average Bonchev–Trinajstić information content (AvgIpc) is 3.22. The topological polar surface area (TPSA) is 0 Å². The largest absolute Gasteiger partial charge is 0.103 e. The van der Waals surface area contributed by atoms with Crippen LogP contribution in [0.3, 0.4) is 0 Å². The highest BCUT2D eigenvalue weighted by molar-refractivity contribution is 7.58. The molecule has 0 aromatic rings. The lowest BCUT2D eigenvalue weighted by Crippen LogP contribution is -2.17. The van der Waals surface area contributed by atoms with Gasteiger partial charge in [0.2, 0.25) is 0 Å². The van der Waals surface area contributed by atoms with E-state index in [1.54, 1.807) is 50.8 Å². The SMILES string of the molecule is CCCCCCCCP(CCCCCCCC)C1CC2CCC1C2. The number of rotatable bonds is 15. The predicted octanol–water partition coefficient (Wildman–Crippen LogP) is 8.38. The molecule has 0 saturated heterocycles. The minimum absolute atomic E-state index is 0.374. The van der Waals surface area contributed by atoms with Crippen LogP contribution in [0.4, 0.5) is 0 Å². The maximum Gasteiger partial charge on any atom is -0.0178 e. The van der Waals surface area contributed by atoms with Crippen molar-refractivity contribution in [2.45, 2.75) is 122 Å². The number of fused-ring (bicyclic) bond motifs is 2. The Morgan fingerprint density at radius 3 is 1.62 bits per heavy atom. The number of hydrogen-bond donors (Lipinski definition) is 0. The van der Waals surface area contributed by atoms with Crippen molar-refractivity contribution in [3.05, 3.63) is 0 Å². The van der Waals surface area contributed by atoms with E-state index in [9.17, 15) is 0 Å². The highest BCUT2D eigenvalue weighted by Gasteiger charge is 2.42. The maximum atomic E-state index is 2.33.